The number of likely N-dealkylation sites (N-methyl/N-ethyl adjacent to an activating group) is 1. The van der Waals surface area contributed by atoms with Gasteiger partial charge in [0.1, 0.15) is 0 Å². The minimum atomic E-state index is -1.52. The van der Waals surface area contributed by atoms with Crippen LogP contribution in [0.5, 0.6) is 0 Å². The lowest BCUT2D eigenvalue weighted by molar-refractivity contribution is -0.316. The molecule has 0 aliphatic carbocycles. The van der Waals surface area contributed by atoms with Crippen LogP contribution >= 0.6 is 0 Å². The Morgan fingerprint density at radius 1 is 1.38 bits per heavy atom. The molecule has 0 fully saturated rings. The molecule has 0 radical (unpaired) electrons. The van der Waals surface area contributed by atoms with E-state index in [-0.39, 0.29) is 0 Å². The van der Waals surface area contributed by atoms with Crippen LogP contribution in [0.4, 0.5) is 0 Å². The molecule has 13 heavy (non-hydrogen) atoms. The van der Waals surface area contributed by atoms with Crippen molar-refractivity contribution >= 4 is 11.9 Å². The summed E-state index contributed by atoms with van der Waals surface area (Å²) in [5.74, 6) is -3.01. The number of hydrogen-bond donors (Lipinski definition) is 1. The van der Waals surface area contributed by atoms with E-state index in [0.717, 1.165) is 0 Å². The van der Waals surface area contributed by atoms with E-state index in [4.69, 9.17) is 5.11 Å². The first kappa shape index (κ1) is 11.9. The van der Waals surface area contributed by atoms with Gasteiger partial charge in [-0.25, -0.2) is 0 Å². The number of rotatable bonds is 5. The molecule has 0 aliphatic heterocycles. The Morgan fingerprint density at radius 2 is 1.85 bits per heavy atom. The maximum absolute atomic E-state index is 10.4. The van der Waals surface area contributed by atoms with Crippen molar-refractivity contribution in [3.05, 3.63) is 0 Å². The first-order valence-corrected chi connectivity index (χ1v) is 3.61. The zero-order valence-corrected chi connectivity index (χ0v) is 7.39. The molecule has 0 spiro atoms. The lowest BCUT2D eigenvalue weighted by Crippen LogP contribution is -2.53. The smallest absolute Gasteiger partial charge is 0.0800 e. The number of carbonyl (C=O) groups is 2. The quantitative estimate of drug-likeness (QED) is 0.475. The first-order chi connectivity index (χ1) is 5.86. The number of aliphatic hydroxyl groups is 1. The first-order valence-electron chi connectivity index (χ1n) is 3.61. The molecule has 6 heteroatoms. The van der Waals surface area contributed by atoms with Crippen LogP contribution in [0.15, 0.2) is 0 Å². The summed E-state index contributed by atoms with van der Waals surface area (Å²) in [5.41, 5.74) is 0. The van der Waals surface area contributed by atoms with Gasteiger partial charge in [-0.3, -0.25) is 4.90 Å². The van der Waals surface area contributed by atoms with Crippen LogP contribution in [0.3, 0.4) is 0 Å². The second-order valence-electron chi connectivity index (χ2n) is 2.87. The highest BCUT2D eigenvalue weighted by molar-refractivity contribution is 5.74. The molecule has 0 saturated heterocycles. The Balaban J connectivity index is 4.37. The highest BCUT2D eigenvalue weighted by Crippen LogP contribution is 2.03. The van der Waals surface area contributed by atoms with Gasteiger partial charge in [-0.2, -0.15) is 0 Å². The highest BCUT2D eigenvalue weighted by atomic mass is 16.4. The second-order valence-corrected chi connectivity index (χ2v) is 2.87. The zero-order chi connectivity index (χ0) is 10.6. The van der Waals surface area contributed by atoms with E-state index >= 15 is 0 Å². The molecule has 0 aliphatic rings. The summed E-state index contributed by atoms with van der Waals surface area (Å²) in [6, 6.07) is -1.34. The molecule has 0 rings (SSSR count). The van der Waals surface area contributed by atoms with E-state index in [1.54, 1.807) is 0 Å². The van der Waals surface area contributed by atoms with Gasteiger partial charge in [-0.15, -0.1) is 0 Å². The highest BCUT2D eigenvalue weighted by Gasteiger charge is 2.22. The minimum absolute atomic E-state index is 0.725. The van der Waals surface area contributed by atoms with Gasteiger partial charge in [0.05, 0.1) is 18.1 Å². The molecular weight excluding hydrogens is 178 g/mol. The van der Waals surface area contributed by atoms with Crippen molar-refractivity contribution in [2.45, 2.75) is 18.6 Å². The summed E-state index contributed by atoms with van der Waals surface area (Å²) in [5, 5.41) is 29.6. The van der Waals surface area contributed by atoms with E-state index in [1.165, 1.54) is 19.0 Å². The summed E-state index contributed by atoms with van der Waals surface area (Å²) >= 11 is 0. The van der Waals surface area contributed by atoms with E-state index < -0.39 is 30.5 Å². The van der Waals surface area contributed by atoms with Crippen molar-refractivity contribution in [3.63, 3.8) is 0 Å². The van der Waals surface area contributed by atoms with E-state index in [9.17, 15) is 19.8 Å². The van der Waals surface area contributed by atoms with Crippen LogP contribution in [-0.4, -0.2) is 48.2 Å². The van der Waals surface area contributed by atoms with Crippen molar-refractivity contribution in [3.8, 4) is 0 Å². The summed E-state index contributed by atoms with van der Waals surface area (Å²) in [6.07, 6.45) is -2.25. The molecule has 76 valence electrons. The van der Waals surface area contributed by atoms with Crippen molar-refractivity contribution in [2.24, 2.45) is 0 Å². The van der Waals surface area contributed by atoms with Gasteiger partial charge < -0.3 is 24.9 Å². The number of carboxylic acids is 2. The van der Waals surface area contributed by atoms with E-state index in [1.807, 2.05) is 0 Å². The van der Waals surface area contributed by atoms with Gasteiger partial charge in [-0.05, 0) is 14.1 Å². The van der Waals surface area contributed by atoms with Gasteiger partial charge in [0, 0.05) is 12.4 Å². The molecule has 2 atom stereocenters. The minimum Gasteiger partial charge on any atom is -0.550 e. The molecule has 0 saturated carbocycles. The zero-order valence-electron chi connectivity index (χ0n) is 7.39. The third-order valence-electron chi connectivity index (χ3n) is 1.54. The molecule has 6 nitrogen and oxygen atoms in total. The van der Waals surface area contributed by atoms with Crippen molar-refractivity contribution < 1.29 is 24.9 Å². The maximum Gasteiger partial charge on any atom is 0.0800 e. The molecule has 0 aromatic carbocycles. The van der Waals surface area contributed by atoms with E-state index in [2.05, 4.69) is 0 Å². The summed E-state index contributed by atoms with van der Waals surface area (Å²) in [4.78, 5) is 21.7. The monoisotopic (exact) mass is 189 g/mol. The number of nitrogens with zero attached hydrogens (tertiary/aromatic N) is 1. The van der Waals surface area contributed by atoms with Crippen molar-refractivity contribution in [2.75, 3.05) is 14.1 Å². The summed E-state index contributed by atoms with van der Waals surface area (Å²) in [7, 11) is 2.80. The van der Waals surface area contributed by atoms with Crippen LogP contribution in [0.25, 0.3) is 0 Å². The Labute approximate surface area is 75.4 Å². The Hall–Kier alpha value is -1.14. The normalized spacial score (nSPS) is 15.4. The number of carbonyl (C=O) groups excluding carboxylic acids is 2. The fraction of sp³-hybridized carbons (Fsp3) is 0.714. The summed E-state index contributed by atoms with van der Waals surface area (Å²) < 4.78 is 0. The van der Waals surface area contributed by atoms with Crippen LogP contribution in [0, 0.1) is 0 Å². The predicted molar refractivity (Wildman–Crippen MR) is 38.1 cm³/mol. The third-order valence-corrected chi connectivity index (χ3v) is 1.54. The van der Waals surface area contributed by atoms with E-state index in [0.29, 0.717) is 0 Å². The number of hydrogen-bond acceptors (Lipinski definition) is 6. The largest absolute Gasteiger partial charge is 0.550 e. The number of carboxylic acid groups (broad SMARTS) is 2. The number of aliphatic hydroxyl groups excluding tert-OH is 1. The molecule has 1 N–H and O–H groups in total. The lowest BCUT2D eigenvalue weighted by Gasteiger charge is -2.29. The molecule has 0 aromatic heterocycles. The van der Waals surface area contributed by atoms with Gasteiger partial charge in [0.2, 0.25) is 0 Å². The van der Waals surface area contributed by atoms with Crippen LogP contribution in [-0.2, 0) is 9.59 Å². The molecule has 2 unspecified atom stereocenters. The molecular formula is C7H11NO5-2. The Kier molecular flexibility index (Phi) is 4.36. The summed E-state index contributed by atoms with van der Waals surface area (Å²) in [6.45, 7) is 0. The second kappa shape index (κ2) is 4.78. The fourth-order valence-corrected chi connectivity index (χ4v) is 0.994. The Bertz CT molecular complexity index is 203. The average molecular weight is 189 g/mol. The van der Waals surface area contributed by atoms with Gasteiger partial charge in [-0.1, -0.05) is 0 Å². The predicted octanol–water partition coefficient (Wildman–Crippen LogP) is -3.83. The molecule has 0 amide bonds. The topological polar surface area (TPSA) is 104 Å². The SMILES string of the molecule is CN(C)C(C(=O)[O-])C(O)CC(=O)[O-]. The third kappa shape index (κ3) is 3.86. The number of aliphatic carboxylic acids is 2. The lowest BCUT2D eigenvalue weighted by atomic mass is 10.1. The average Bonchev–Trinajstić information content (AvgIpc) is 1.81. The fourth-order valence-electron chi connectivity index (χ4n) is 0.994. The van der Waals surface area contributed by atoms with Gasteiger partial charge in [0.25, 0.3) is 0 Å². The van der Waals surface area contributed by atoms with Crippen LogP contribution in [0.2, 0.25) is 0 Å². The van der Waals surface area contributed by atoms with Crippen molar-refractivity contribution in [1.29, 1.82) is 0 Å². The van der Waals surface area contributed by atoms with Gasteiger partial charge in [0.15, 0.2) is 0 Å². The molecule has 0 aromatic rings. The molecule has 0 bridgehead atoms. The van der Waals surface area contributed by atoms with Crippen LogP contribution < -0.4 is 10.2 Å². The molecule has 0 heterocycles. The maximum atomic E-state index is 10.4. The standard InChI is InChI=1S/C7H13NO5/c1-8(2)6(7(12)13)4(9)3-5(10)11/h4,6,9H,3H2,1-2H3,(H,10,11)(H,12,13)/p-2. The van der Waals surface area contributed by atoms with Crippen LogP contribution in [0.1, 0.15) is 6.42 Å². The van der Waals surface area contributed by atoms with Gasteiger partial charge >= 0.3 is 0 Å². The van der Waals surface area contributed by atoms with Crippen molar-refractivity contribution in [1.82, 2.24) is 4.90 Å². The Morgan fingerprint density at radius 3 is 2.08 bits per heavy atom.